The number of carbonyl (C=O) groups is 4. The third kappa shape index (κ3) is 6.96. The number of carbonyl (C=O) groups excluding carboxylic acids is 4. The van der Waals surface area contributed by atoms with E-state index < -0.39 is 5.91 Å². The summed E-state index contributed by atoms with van der Waals surface area (Å²) in [5.74, 6) is 0.212. The zero-order valence-electron chi connectivity index (χ0n) is 33.0. The third-order valence-electron chi connectivity index (χ3n) is 10.6. The van der Waals surface area contributed by atoms with Crippen molar-refractivity contribution in [3.63, 3.8) is 0 Å². The van der Waals surface area contributed by atoms with E-state index in [4.69, 9.17) is 25.2 Å². The predicted octanol–water partition coefficient (Wildman–Crippen LogP) is 5.93. The van der Waals surface area contributed by atoms with E-state index in [1.165, 1.54) is 6.92 Å². The van der Waals surface area contributed by atoms with Crippen LogP contribution in [0.15, 0.2) is 48.6 Å². The highest BCUT2D eigenvalue weighted by molar-refractivity contribution is 6.05. The molecule has 0 fully saturated rings. The van der Waals surface area contributed by atoms with E-state index in [2.05, 4.69) is 33.0 Å². The molecule has 6 heterocycles. The Morgan fingerprint density at radius 1 is 0.759 bits per heavy atom. The molecular formula is C41H45N11O6. The molecule has 0 bridgehead atoms. The minimum atomic E-state index is -0.613. The Balaban J connectivity index is 1.11. The molecule has 0 aliphatic carbocycles. The van der Waals surface area contributed by atoms with Crippen LogP contribution in [-0.2, 0) is 13.1 Å². The van der Waals surface area contributed by atoms with Crippen LogP contribution in [0, 0.1) is 13.8 Å². The summed E-state index contributed by atoms with van der Waals surface area (Å²) < 4.78 is 19.6. The van der Waals surface area contributed by atoms with Gasteiger partial charge in [0.1, 0.15) is 40.5 Å². The lowest BCUT2D eigenvalue weighted by Gasteiger charge is -2.27. The zero-order chi connectivity index (χ0) is 40.8. The number of nitrogens with two attached hydrogens (primary N) is 1. The first kappa shape index (κ1) is 38.1. The second-order valence-electron chi connectivity index (χ2n) is 14.6. The van der Waals surface area contributed by atoms with Crippen LogP contribution >= 0.6 is 0 Å². The quantitative estimate of drug-likeness (QED) is 0.0985. The van der Waals surface area contributed by atoms with Crippen LogP contribution in [0.1, 0.15) is 112 Å². The number of rotatable bonds is 12. The Morgan fingerprint density at radius 3 is 1.83 bits per heavy atom. The molecule has 6 aromatic rings. The van der Waals surface area contributed by atoms with E-state index in [0.29, 0.717) is 95.0 Å². The van der Waals surface area contributed by atoms with Crippen LogP contribution in [0.3, 0.4) is 0 Å². The Morgan fingerprint density at radius 2 is 1.28 bits per heavy atom. The Kier molecular flexibility index (Phi) is 10.0. The average Bonchev–Trinajstić information content (AvgIpc) is 3.96. The molecule has 2 aliphatic heterocycles. The molecule has 0 spiro atoms. The smallest absolute Gasteiger partial charge is 0.276 e. The first-order chi connectivity index (χ1) is 27.9. The van der Waals surface area contributed by atoms with E-state index >= 15 is 0 Å². The molecule has 3 amide bonds. The van der Waals surface area contributed by atoms with Crippen molar-refractivity contribution in [2.24, 2.45) is 5.73 Å². The topological polar surface area (TPSA) is 208 Å². The molecule has 17 nitrogen and oxygen atoms in total. The number of aromatic nitrogens is 8. The number of ether oxygens (including phenoxy) is 2. The highest BCUT2D eigenvalue weighted by Crippen LogP contribution is 2.40. The lowest BCUT2D eigenvalue weighted by atomic mass is 10.0. The second kappa shape index (κ2) is 15.3. The van der Waals surface area contributed by atoms with Crippen molar-refractivity contribution in [3.8, 4) is 11.5 Å². The van der Waals surface area contributed by atoms with Crippen LogP contribution in [-0.4, -0.2) is 75.4 Å². The molecule has 1 unspecified atom stereocenters. The first-order valence-corrected chi connectivity index (χ1v) is 19.5. The summed E-state index contributed by atoms with van der Waals surface area (Å²) in [7, 11) is 0. The molecule has 4 aromatic heterocycles. The van der Waals surface area contributed by atoms with E-state index in [9.17, 15) is 19.2 Å². The Bertz CT molecular complexity index is 2660. The van der Waals surface area contributed by atoms with Gasteiger partial charge in [-0.05, 0) is 96.7 Å². The molecule has 17 heteroatoms. The predicted molar refractivity (Wildman–Crippen MR) is 216 cm³/mol. The summed E-state index contributed by atoms with van der Waals surface area (Å²) in [5.41, 5.74) is 11.0. The zero-order valence-corrected chi connectivity index (χ0v) is 33.0. The van der Waals surface area contributed by atoms with Crippen LogP contribution in [0.4, 0.5) is 11.9 Å². The van der Waals surface area contributed by atoms with E-state index in [1.807, 2.05) is 36.8 Å². The van der Waals surface area contributed by atoms with Crippen molar-refractivity contribution in [2.75, 3.05) is 23.8 Å². The number of Topliss-reactive ketones (excluding diaryl/α,β-unsaturated/α-hetero) is 1. The number of benzene rings is 2. The number of anilines is 2. The fourth-order valence-corrected chi connectivity index (χ4v) is 7.91. The minimum absolute atomic E-state index is 0.117. The monoisotopic (exact) mass is 787 g/mol. The summed E-state index contributed by atoms with van der Waals surface area (Å²) in [6, 6.07) is 9.76. The van der Waals surface area contributed by atoms with Gasteiger partial charge < -0.3 is 19.8 Å². The number of nitrogens with one attached hydrogen (secondary N) is 2. The van der Waals surface area contributed by atoms with Gasteiger partial charge in [-0.3, -0.25) is 43.7 Å². The van der Waals surface area contributed by atoms with Gasteiger partial charge >= 0.3 is 0 Å². The first-order valence-electron chi connectivity index (χ1n) is 19.5. The number of hydrogen-bond acceptors (Lipinski definition) is 10. The largest absolute Gasteiger partial charge is 0.491 e. The minimum Gasteiger partial charge on any atom is -0.491 e. The number of allylic oxidation sites excluding steroid dienone is 2. The maximum Gasteiger partial charge on any atom is 0.276 e. The van der Waals surface area contributed by atoms with Gasteiger partial charge in [-0.1, -0.05) is 12.2 Å². The molecule has 2 atom stereocenters. The molecule has 2 aliphatic rings. The second-order valence-corrected chi connectivity index (χ2v) is 14.6. The maximum atomic E-state index is 13.7. The van der Waals surface area contributed by atoms with Crippen molar-refractivity contribution in [1.82, 2.24) is 38.7 Å². The summed E-state index contributed by atoms with van der Waals surface area (Å²) in [6.07, 6.45) is 6.74. The van der Waals surface area contributed by atoms with E-state index in [0.717, 1.165) is 24.2 Å². The normalized spacial score (nSPS) is 16.2. The summed E-state index contributed by atoms with van der Waals surface area (Å²) >= 11 is 0. The number of amides is 3. The van der Waals surface area contributed by atoms with Crippen LogP contribution in [0.25, 0.3) is 22.1 Å². The highest BCUT2D eigenvalue weighted by atomic mass is 16.5. The number of primary amides is 1. The third-order valence-corrected chi connectivity index (χ3v) is 10.6. The maximum absolute atomic E-state index is 13.7. The number of nitrogens with zero attached hydrogens (tertiary/aromatic N) is 8. The molecule has 0 radical (unpaired) electrons. The van der Waals surface area contributed by atoms with Gasteiger partial charge in [0.05, 0.1) is 35.1 Å². The van der Waals surface area contributed by atoms with Gasteiger partial charge in [0.2, 0.25) is 17.8 Å². The van der Waals surface area contributed by atoms with Gasteiger partial charge in [-0.2, -0.15) is 10.2 Å². The number of ketones is 1. The standard InChI is InChI=1S/C41H45N11O6/c1-6-49-31(15-22(3)47-49)38(55)45-40-43-29-17-25(24(5)53)19-33-35(29)51(40)27(13-10-14-57-33)11-8-9-12-28-21-58-34-20-26(37(42)54)18-30-36(34)52(28)41(44-30)46-39(56)32-16-23(4)48-50(32)7-2/h8-9,15-20,27-28H,6-7,10-14,21H2,1-5H3,(H2,42,54)(H,43,45,55)(H,44,46,56)/t27?,28-/m0/s1. The van der Waals surface area contributed by atoms with E-state index in [-0.39, 0.29) is 41.9 Å². The van der Waals surface area contributed by atoms with Gasteiger partial charge in [-0.25, -0.2) is 9.97 Å². The molecule has 8 rings (SSSR count). The molecule has 0 saturated heterocycles. The molecule has 4 N–H and O–H groups in total. The molecule has 58 heavy (non-hydrogen) atoms. The number of imidazole rings is 2. The van der Waals surface area contributed by atoms with Gasteiger partial charge in [-0.15, -0.1) is 0 Å². The fourth-order valence-electron chi connectivity index (χ4n) is 7.91. The number of hydrogen-bond donors (Lipinski definition) is 3. The van der Waals surface area contributed by atoms with Crippen molar-refractivity contribution >= 4 is 57.5 Å². The average molecular weight is 788 g/mol. The van der Waals surface area contributed by atoms with Crippen molar-refractivity contribution in [3.05, 3.63) is 82.5 Å². The van der Waals surface area contributed by atoms with Crippen molar-refractivity contribution < 1.29 is 28.7 Å². The molecular weight excluding hydrogens is 743 g/mol. The number of aryl methyl sites for hydroxylation is 4. The van der Waals surface area contributed by atoms with Gasteiger partial charge in [0, 0.05) is 30.3 Å². The Labute approximate surface area is 333 Å². The molecule has 300 valence electrons. The van der Waals surface area contributed by atoms with Crippen LogP contribution in [0.2, 0.25) is 0 Å². The van der Waals surface area contributed by atoms with Crippen LogP contribution < -0.4 is 25.8 Å². The Hall–Kier alpha value is -6.78. The van der Waals surface area contributed by atoms with Crippen molar-refractivity contribution in [2.45, 2.75) is 85.5 Å². The molecule has 2 aromatic carbocycles. The highest BCUT2D eigenvalue weighted by Gasteiger charge is 2.30. The van der Waals surface area contributed by atoms with Gasteiger partial charge in [0.25, 0.3) is 11.8 Å². The lowest BCUT2D eigenvalue weighted by Crippen LogP contribution is -2.26. The summed E-state index contributed by atoms with van der Waals surface area (Å²) in [6.45, 7) is 10.8. The SMILES string of the molecule is CCn1nc(C)cc1C(=O)Nc1nc2cc(C(C)=O)cc3c2n1C(CC=CC[C@H]1COc2cc(C(N)=O)cc4nc(NC(=O)c5cc(C)nn5CC)n1c24)CCCO3. The van der Waals surface area contributed by atoms with Gasteiger partial charge in [0.15, 0.2) is 5.78 Å². The lowest BCUT2D eigenvalue weighted by molar-refractivity contribution is 0.0994. The summed E-state index contributed by atoms with van der Waals surface area (Å²) in [4.78, 5) is 61.7. The van der Waals surface area contributed by atoms with Crippen molar-refractivity contribution in [1.29, 1.82) is 0 Å². The molecule has 0 saturated carbocycles. The summed E-state index contributed by atoms with van der Waals surface area (Å²) in [5, 5.41) is 14.9. The van der Waals surface area contributed by atoms with E-state index in [1.54, 1.807) is 45.8 Å². The fraction of sp³-hybridized carbons (Fsp3) is 0.366. The van der Waals surface area contributed by atoms with Crippen LogP contribution in [0.5, 0.6) is 11.5 Å².